The van der Waals surface area contributed by atoms with Crippen LogP contribution >= 0.6 is 24.0 Å². The number of allylic oxidation sites excluding steroid dienone is 1. The quantitative estimate of drug-likeness (QED) is 0.578. The monoisotopic (exact) mass is 475 g/mol. The Morgan fingerprint density at radius 3 is 2.69 bits per heavy atom. The average Bonchev–Trinajstić information content (AvgIpc) is 2.78. The fraction of sp³-hybridized carbons (Fsp3) is 0.400. The summed E-state index contributed by atoms with van der Waals surface area (Å²) in [6.45, 7) is 8.70. The summed E-state index contributed by atoms with van der Waals surface area (Å²) in [7, 11) is 0. The molecule has 2 N–H and O–H groups in total. The van der Waals surface area contributed by atoms with Gasteiger partial charge in [0.05, 0.1) is 11.7 Å². The summed E-state index contributed by atoms with van der Waals surface area (Å²) in [4.78, 5) is 17.5. The van der Waals surface area contributed by atoms with Gasteiger partial charge in [-0.25, -0.2) is 0 Å². The van der Waals surface area contributed by atoms with Gasteiger partial charge < -0.3 is 20.2 Å². The molecule has 0 radical (unpaired) electrons. The first-order valence-electron chi connectivity index (χ1n) is 11.0. The molecule has 2 heterocycles. The van der Waals surface area contributed by atoms with Crippen molar-refractivity contribution in [2.75, 3.05) is 37.6 Å². The van der Waals surface area contributed by atoms with Crippen LogP contribution < -0.4 is 10.2 Å². The number of anilines is 1. The molecule has 7 heteroatoms. The Bertz CT molecular complexity index is 960. The van der Waals surface area contributed by atoms with Crippen LogP contribution in [0.3, 0.4) is 0 Å². The number of amides is 1. The first kappa shape index (κ1) is 24.6. The van der Waals surface area contributed by atoms with Crippen molar-refractivity contribution in [3.8, 4) is 5.75 Å². The van der Waals surface area contributed by atoms with E-state index in [1.165, 1.54) is 0 Å². The van der Waals surface area contributed by atoms with E-state index < -0.39 is 0 Å². The fourth-order valence-corrected chi connectivity index (χ4v) is 4.89. The molecule has 2 aliphatic heterocycles. The minimum Gasteiger partial charge on any atom is -0.507 e. The van der Waals surface area contributed by atoms with E-state index in [0.717, 1.165) is 61.5 Å². The van der Waals surface area contributed by atoms with Crippen molar-refractivity contribution in [1.29, 1.82) is 0 Å². The van der Waals surface area contributed by atoms with Crippen LogP contribution in [0.2, 0.25) is 5.02 Å². The molecule has 1 unspecified atom stereocenters. The van der Waals surface area contributed by atoms with E-state index in [1.807, 2.05) is 41.3 Å². The molecule has 1 saturated heterocycles. The first-order valence-corrected chi connectivity index (χ1v) is 11.4. The SMILES string of the molecule is C=CCc1ccc2c(c1O)CCC(=O)N2C(CCN1CCNCC1)c1cccc(Cl)c1.Cl. The molecule has 1 atom stereocenters. The van der Waals surface area contributed by atoms with E-state index in [9.17, 15) is 9.90 Å². The Morgan fingerprint density at radius 1 is 1.19 bits per heavy atom. The van der Waals surface area contributed by atoms with Crippen molar-refractivity contribution >= 4 is 35.6 Å². The highest BCUT2D eigenvalue weighted by Gasteiger charge is 2.33. The van der Waals surface area contributed by atoms with Crippen molar-refractivity contribution in [2.45, 2.75) is 31.7 Å². The molecule has 0 bridgehead atoms. The van der Waals surface area contributed by atoms with Crippen LogP contribution in [0, 0.1) is 0 Å². The van der Waals surface area contributed by atoms with Crippen molar-refractivity contribution in [3.63, 3.8) is 0 Å². The summed E-state index contributed by atoms with van der Waals surface area (Å²) in [5, 5.41) is 14.9. The fourth-order valence-electron chi connectivity index (χ4n) is 4.69. The van der Waals surface area contributed by atoms with Gasteiger partial charge >= 0.3 is 0 Å². The van der Waals surface area contributed by atoms with Gasteiger partial charge in [-0.15, -0.1) is 19.0 Å². The molecule has 2 aromatic rings. The van der Waals surface area contributed by atoms with E-state index in [-0.39, 0.29) is 24.4 Å². The smallest absolute Gasteiger partial charge is 0.227 e. The van der Waals surface area contributed by atoms with Gasteiger partial charge in [-0.2, -0.15) is 0 Å². The summed E-state index contributed by atoms with van der Waals surface area (Å²) in [6, 6.07) is 11.6. The average molecular weight is 476 g/mol. The summed E-state index contributed by atoms with van der Waals surface area (Å²) in [5.41, 5.74) is 3.54. The third kappa shape index (κ3) is 5.29. The number of aromatic hydroxyl groups is 1. The van der Waals surface area contributed by atoms with E-state index in [0.29, 0.717) is 30.0 Å². The standard InChI is InChI=1S/C25H30ClN3O2.ClH/c1-2-4-18-7-9-23-21(25(18)31)8-10-24(30)29(23)22(19-5-3-6-20(26)17-19)11-14-28-15-12-27-13-16-28;/h2-3,5-7,9,17,22,27,31H,1,4,8,10-16H2;1H. The lowest BCUT2D eigenvalue weighted by molar-refractivity contribution is -0.119. The Labute approximate surface area is 201 Å². The molecule has 1 fully saturated rings. The zero-order valence-corrected chi connectivity index (χ0v) is 19.8. The molecule has 4 rings (SSSR count). The Balaban J connectivity index is 0.00000289. The Hall–Kier alpha value is -2.05. The first-order chi connectivity index (χ1) is 15.1. The highest BCUT2D eigenvalue weighted by Crippen LogP contribution is 2.42. The summed E-state index contributed by atoms with van der Waals surface area (Å²) in [5.74, 6) is 0.385. The van der Waals surface area contributed by atoms with Crippen LogP contribution in [0.4, 0.5) is 5.69 Å². The number of hydrogen-bond acceptors (Lipinski definition) is 4. The van der Waals surface area contributed by atoms with E-state index in [2.05, 4.69) is 16.8 Å². The number of nitrogens with zero attached hydrogens (tertiary/aromatic N) is 2. The molecule has 2 aromatic carbocycles. The number of fused-ring (bicyclic) bond motifs is 1. The van der Waals surface area contributed by atoms with Crippen LogP contribution in [0.25, 0.3) is 0 Å². The molecule has 1 amide bonds. The molecular formula is C25H31Cl2N3O2. The highest BCUT2D eigenvalue weighted by molar-refractivity contribution is 6.30. The number of benzene rings is 2. The van der Waals surface area contributed by atoms with Crippen LogP contribution in [0.15, 0.2) is 49.1 Å². The summed E-state index contributed by atoms with van der Waals surface area (Å²) >= 11 is 6.32. The molecule has 0 saturated carbocycles. The molecule has 5 nitrogen and oxygen atoms in total. The number of carbonyl (C=O) groups is 1. The second-order valence-corrected chi connectivity index (χ2v) is 8.72. The van der Waals surface area contributed by atoms with Crippen molar-refractivity contribution < 1.29 is 9.90 Å². The molecule has 2 aliphatic rings. The maximum atomic E-state index is 13.2. The van der Waals surface area contributed by atoms with Gasteiger partial charge in [-0.05, 0) is 48.6 Å². The largest absolute Gasteiger partial charge is 0.507 e. The van der Waals surface area contributed by atoms with Crippen molar-refractivity contribution in [1.82, 2.24) is 10.2 Å². The predicted molar refractivity (Wildman–Crippen MR) is 133 cm³/mol. The maximum absolute atomic E-state index is 13.2. The summed E-state index contributed by atoms with van der Waals surface area (Å²) < 4.78 is 0. The number of piperazine rings is 1. The number of nitrogens with one attached hydrogen (secondary N) is 1. The van der Waals surface area contributed by atoms with Gasteiger partial charge in [0.25, 0.3) is 0 Å². The van der Waals surface area contributed by atoms with Gasteiger partial charge in [0.2, 0.25) is 5.91 Å². The van der Waals surface area contributed by atoms with Crippen LogP contribution in [0.1, 0.15) is 35.6 Å². The second kappa shape index (κ2) is 11.2. The van der Waals surface area contributed by atoms with Crippen LogP contribution in [-0.2, 0) is 17.6 Å². The van der Waals surface area contributed by atoms with Crippen LogP contribution in [-0.4, -0.2) is 48.6 Å². The third-order valence-corrected chi connectivity index (χ3v) is 6.53. The number of carbonyl (C=O) groups excluding carboxylic acids is 1. The van der Waals surface area contributed by atoms with E-state index >= 15 is 0 Å². The molecular weight excluding hydrogens is 445 g/mol. The van der Waals surface area contributed by atoms with Gasteiger partial charge in [-0.1, -0.05) is 35.9 Å². The Morgan fingerprint density at radius 2 is 1.97 bits per heavy atom. The van der Waals surface area contributed by atoms with E-state index in [4.69, 9.17) is 11.6 Å². The topological polar surface area (TPSA) is 55.8 Å². The third-order valence-electron chi connectivity index (χ3n) is 6.30. The molecule has 172 valence electrons. The van der Waals surface area contributed by atoms with Gasteiger partial charge in [0.1, 0.15) is 5.75 Å². The number of halogens is 2. The van der Waals surface area contributed by atoms with Crippen molar-refractivity contribution in [3.05, 3.63) is 70.8 Å². The van der Waals surface area contributed by atoms with Crippen LogP contribution in [0.5, 0.6) is 5.75 Å². The number of phenolic OH excluding ortho intramolecular Hbond substituents is 1. The van der Waals surface area contributed by atoms with Gasteiger partial charge in [0, 0.05) is 49.7 Å². The lowest BCUT2D eigenvalue weighted by atomic mass is 9.92. The van der Waals surface area contributed by atoms with E-state index in [1.54, 1.807) is 6.08 Å². The second-order valence-electron chi connectivity index (χ2n) is 8.28. The maximum Gasteiger partial charge on any atom is 0.227 e. The number of rotatable bonds is 7. The molecule has 32 heavy (non-hydrogen) atoms. The zero-order valence-electron chi connectivity index (χ0n) is 18.2. The Kier molecular flexibility index (Phi) is 8.60. The van der Waals surface area contributed by atoms with Gasteiger partial charge in [-0.3, -0.25) is 4.79 Å². The number of hydrogen-bond donors (Lipinski definition) is 2. The highest BCUT2D eigenvalue weighted by atomic mass is 35.5. The normalized spacial score (nSPS) is 17.4. The molecule has 0 spiro atoms. The molecule has 0 aliphatic carbocycles. The zero-order chi connectivity index (χ0) is 21.8. The minimum atomic E-state index is -0.134. The summed E-state index contributed by atoms with van der Waals surface area (Å²) in [6.07, 6.45) is 4.15. The molecule has 0 aromatic heterocycles. The predicted octanol–water partition coefficient (Wildman–Crippen LogP) is 4.51. The van der Waals surface area contributed by atoms with Gasteiger partial charge in [0.15, 0.2) is 0 Å². The van der Waals surface area contributed by atoms with Crippen molar-refractivity contribution in [2.24, 2.45) is 0 Å². The number of phenols is 1. The minimum absolute atomic E-state index is 0. The lowest BCUT2D eigenvalue weighted by Crippen LogP contribution is -2.45. The lowest BCUT2D eigenvalue weighted by Gasteiger charge is -2.38.